The molecule has 0 saturated carbocycles. The predicted octanol–water partition coefficient (Wildman–Crippen LogP) is 3.28. The summed E-state index contributed by atoms with van der Waals surface area (Å²) in [5, 5.41) is 9.06. The molecule has 1 aromatic rings. The van der Waals surface area contributed by atoms with Crippen molar-refractivity contribution in [1.29, 1.82) is 0 Å². The van der Waals surface area contributed by atoms with E-state index in [1.165, 1.54) is 6.07 Å². The van der Waals surface area contributed by atoms with Gasteiger partial charge in [-0.05, 0) is 30.4 Å². The van der Waals surface area contributed by atoms with E-state index in [4.69, 9.17) is 15.8 Å². The summed E-state index contributed by atoms with van der Waals surface area (Å²) in [6.45, 7) is 3.87. The summed E-state index contributed by atoms with van der Waals surface area (Å²) in [7, 11) is 1.37. The van der Waals surface area contributed by atoms with Crippen LogP contribution in [0.3, 0.4) is 0 Å². The molecule has 7 heteroatoms. The zero-order valence-corrected chi connectivity index (χ0v) is 11.8. The number of carboxylic acid groups (broad SMARTS) is 1. The van der Waals surface area contributed by atoms with Crippen LogP contribution >= 0.6 is 22.0 Å². The Kier molecular flexibility index (Phi) is 4.57. The van der Waals surface area contributed by atoms with E-state index in [2.05, 4.69) is 0 Å². The van der Waals surface area contributed by atoms with Crippen LogP contribution in [-0.2, 0) is 9.05 Å². The zero-order chi connectivity index (χ0) is 13.2. The van der Waals surface area contributed by atoms with Crippen LogP contribution in [0.15, 0.2) is 10.3 Å². The van der Waals surface area contributed by atoms with Crippen LogP contribution in [0.1, 0.15) is 47.8 Å². The Bertz CT molecular complexity index is 514. The molecule has 0 fully saturated rings. The number of carboxylic acids is 1. The third-order valence-electron chi connectivity index (χ3n) is 2.60. The van der Waals surface area contributed by atoms with Crippen LogP contribution in [-0.4, -0.2) is 19.5 Å². The van der Waals surface area contributed by atoms with Crippen molar-refractivity contribution < 1.29 is 18.3 Å². The van der Waals surface area contributed by atoms with Gasteiger partial charge in [0.2, 0.25) is 0 Å². The van der Waals surface area contributed by atoms with Crippen molar-refractivity contribution >= 4 is 37.0 Å². The number of halogens is 1. The Labute approximate surface area is 109 Å². The quantitative estimate of drug-likeness (QED) is 0.846. The Hall–Kier alpha value is -0.590. The lowest BCUT2D eigenvalue weighted by Crippen LogP contribution is -2.02. The first-order chi connectivity index (χ1) is 7.81. The van der Waals surface area contributed by atoms with Crippen LogP contribution in [0.5, 0.6) is 0 Å². The maximum absolute atomic E-state index is 11.2. The fraction of sp³-hybridized carbons (Fsp3) is 0.500. The van der Waals surface area contributed by atoms with Crippen LogP contribution in [0.4, 0.5) is 0 Å². The predicted molar refractivity (Wildman–Crippen MR) is 67.6 cm³/mol. The lowest BCUT2D eigenvalue weighted by molar-refractivity contribution is 0.0700. The highest BCUT2D eigenvalue weighted by atomic mass is 35.7. The molecule has 0 aliphatic rings. The average Bonchev–Trinajstić information content (AvgIpc) is 2.64. The summed E-state index contributed by atoms with van der Waals surface area (Å²) in [6.07, 6.45) is 1.52. The van der Waals surface area contributed by atoms with E-state index in [9.17, 15) is 13.2 Å². The van der Waals surface area contributed by atoms with Gasteiger partial charge in [-0.2, -0.15) is 0 Å². The van der Waals surface area contributed by atoms with Crippen molar-refractivity contribution in [2.45, 2.75) is 36.8 Å². The Morgan fingerprint density at radius 3 is 2.35 bits per heavy atom. The summed E-state index contributed by atoms with van der Waals surface area (Å²) >= 11 is 0.714. The minimum absolute atomic E-state index is 0.0458. The summed E-state index contributed by atoms with van der Waals surface area (Å²) in [6, 6.07) is 1.38. The highest BCUT2D eigenvalue weighted by molar-refractivity contribution is 8.15. The molecule has 1 rings (SSSR count). The molecule has 1 aromatic heterocycles. The molecule has 0 spiro atoms. The minimum Gasteiger partial charge on any atom is -0.477 e. The summed E-state index contributed by atoms with van der Waals surface area (Å²) in [5.74, 6) is -1.06. The SMILES string of the molecule is CCC(CC)c1cc(S(=O)(=O)Cl)sc1C(=O)O. The van der Waals surface area contributed by atoms with Crippen molar-refractivity contribution in [2.75, 3.05) is 0 Å². The van der Waals surface area contributed by atoms with E-state index >= 15 is 0 Å². The van der Waals surface area contributed by atoms with E-state index < -0.39 is 15.0 Å². The minimum atomic E-state index is -3.86. The van der Waals surface area contributed by atoms with E-state index in [1.807, 2.05) is 13.8 Å². The molecule has 0 radical (unpaired) electrons. The van der Waals surface area contributed by atoms with Crippen molar-refractivity contribution in [3.05, 3.63) is 16.5 Å². The van der Waals surface area contributed by atoms with Crippen molar-refractivity contribution in [3.8, 4) is 0 Å². The van der Waals surface area contributed by atoms with Crippen LogP contribution in [0.25, 0.3) is 0 Å². The number of hydrogen-bond acceptors (Lipinski definition) is 4. The summed E-state index contributed by atoms with van der Waals surface area (Å²) in [4.78, 5) is 11.1. The zero-order valence-electron chi connectivity index (χ0n) is 9.44. The fourth-order valence-electron chi connectivity index (χ4n) is 1.70. The standard InChI is InChI=1S/C10H13ClO4S2/c1-3-6(4-2)7-5-8(17(11,14)15)16-9(7)10(12)13/h5-6H,3-4H2,1-2H3,(H,12,13). The number of rotatable bonds is 5. The van der Waals surface area contributed by atoms with Gasteiger partial charge in [-0.3, -0.25) is 0 Å². The molecule has 0 aliphatic carbocycles. The van der Waals surface area contributed by atoms with Gasteiger partial charge in [-0.15, -0.1) is 11.3 Å². The van der Waals surface area contributed by atoms with Gasteiger partial charge in [0.1, 0.15) is 9.09 Å². The largest absolute Gasteiger partial charge is 0.477 e. The highest BCUT2D eigenvalue weighted by Gasteiger charge is 2.24. The maximum atomic E-state index is 11.2. The lowest BCUT2D eigenvalue weighted by Gasteiger charge is -2.11. The first-order valence-corrected chi connectivity index (χ1v) is 8.25. The Balaban J connectivity index is 3.38. The molecule has 0 atom stereocenters. The number of thiophene rings is 1. The van der Waals surface area contributed by atoms with Gasteiger partial charge >= 0.3 is 5.97 Å². The van der Waals surface area contributed by atoms with Crippen LogP contribution in [0, 0.1) is 0 Å². The molecule has 0 aromatic carbocycles. The van der Waals surface area contributed by atoms with Gasteiger partial charge in [-0.25, -0.2) is 13.2 Å². The monoisotopic (exact) mass is 296 g/mol. The Morgan fingerprint density at radius 1 is 1.47 bits per heavy atom. The van der Waals surface area contributed by atoms with E-state index in [0.29, 0.717) is 16.9 Å². The van der Waals surface area contributed by atoms with Gasteiger partial charge in [0.15, 0.2) is 0 Å². The molecule has 4 nitrogen and oxygen atoms in total. The summed E-state index contributed by atoms with van der Waals surface area (Å²) < 4.78 is 22.3. The van der Waals surface area contributed by atoms with Gasteiger partial charge in [0.25, 0.3) is 9.05 Å². The van der Waals surface area contributed by atoms with Gasteiger partial charge in [0.05, 0.1) is 0 Å². The van der Waals surface area contributed by atoms with Crippen molar-refractivity contribution in [2.24, 2.45) is 0 Å². The molecular formula is C10H13ClO4S2. The fourth-order valence-corrected chi connectivity index (χ4v) is 3.85. The van der Waals surface area contributed by atoms with Crippen molar-refractivity contribution in [3.63, 3.8) is 0 Å². The van der Waals surface area contributed by atoms with Gasteiger partial charge in [0, 0.05) is 10.7 Å². The lowest BCUT2D eigenvalue weighted by atomic mass is 9.94. The third kappa shape index (κ3) is 3.20. The second-order valence-corrected chi connectivity index (χ2v) is 7.45. The summed E-state index contributed by atoms with van der Waals surface area (Å²) in [5.41, 5.74) is 0.562. The van der Waals surface area contributed by atoms with E-state index in [-0.39, 0.29) is 15.0 Å². The van der Waals surface area contributed by atoms with Crippen LogP contribution in [0.2, 0.25) is 0 Å². The van der Waals surface area contributed by atoms with Gasteiger partial charge < -0.3 is 5.11 Å². The van der Waals surface area contributed by atoms with Crippen molar-refractivity contribution in [1.82, 2.24) is 0 Å². The molecule has 0 bridgehead atoms. The molecule has 1 N–H and O–H groups in total. The Morgan fingerprint density at radius 2 is 2.00 bits per heavy atom. The number of hydrogen-bond donors (Lipinski definition) is 1. The number of carbonyl (C=O) groups is 1. The molecule has 96 valence electrons. The second-order valence-electron chi connectivity index (χ2n) is 3.61. The first kappa shape index (κ1) is 14.5. The number of aromatic carboxylic acids is 1. The van der Waals surface area contributed by atoms with E-state index in [1.54, 1.807) is 0 Å². The molecule has 17 heavy (non-hydrogen) atoms. The highest BCUT2D eigenvalue weighted by Crippen LogP contribution is 2.35. The molecule has 0 unspecified atom stereocenters. The molecule has 1 heterocycles. The normalized spacial score (nSPS) is 12.0. The molecule has 0 aliphatic heterocycles. The molecule has 0 amide bonds. The third-order valence-corrected chi connectivity index (χ3v) is 5.81. The van der Waals surface area contributed by atoms with E-state index in [0.717, 1.165) is 12.8 Å². The second kappa shape index (κ2) is 5.37. The maximum Gasteiger partial charge on any atom is 0.346 e. The van der Waals surface area contributed by atoms with Crippen LogP contribution < -0.4 is 0 Å². The topological polar surface area (TPSA) is 71.4 Å². The first-order valence-electron chi connectivity index (χ1n) is 5.12. The van der Waals surface area contributed by atoms with Gasteiger partial charge in [-0.1, -0.05) is 13.8 Å². The smallest absolute Gasteiger partial charge is 0.346 e. The molecule has 0 saturated heterocycles. The average molecular weight is 297 g/mol. The molecular weight excluding hydrogens is 284 g/mol.